The molecule has 3 atom stereocenters. The van der Waals surface area contributed by atoms with E-state index in [0.29, 0.717) is 0 Å². The van der Waals surface area contributed by atoms with Gasteiger partial charge in [0.25, 0.3) is 0 Å². The number of nitrogens with one attached hydrogen (secondary N) is 1. The van der Waals surface area contributed by atoms with Crippen LogP contribution in [0.15, 0.2) is 0 Å². The van der Waals surface area contributed by atoms with Crippen LogP contribution in [0.2, 0.25) is 0 Å². The average molecular weight is 250 g/mol. The van der Waals surface area contributed by atoms with Crippen LogP contribution in [0, 0.1) is 0 Å². The fourth-order valence-corrected chi connectivity index (χ4v) is 1.02. The van der Waals surface area contributed by atoms with Crippen LogP contribution >= 0.6 is 0 Å². The zero-order valence-electron chi connectivity index (χ0n) is 8.95. The number of carbonyl (C=O) groups is 3. The van der Waals surface area contributed by atoms with Crippen molar-refractivity contribution in [3.63, 3.8) is 0 Å². The maximum absolute atomic E-state index is 10.8. The number of carboxylic acid groups (broad SMARTS) is 3. The number of rotatable bonds is 7. The summed E-state index contributed by atoms with van der Waals surface area (Å²) < 4.78 is 0. The quantitative estimate of drug-likeness (QED) is 0.270. The van der Waals surface area contributed by atoms with Gasteiger partial charge in [0.2, 0.25) is 0 Å². The zero-order chi connectivity index (χ0) is 13.8. The van der Waals surface area contributed by atoms with Gasteiger partial charge in [0.05, 0.1) is 12.5 Å². The van der Waals surface area contributed by atoms with Crippen molar-refractivity contribution in [1.29, 1.82) is 0 Å². The lowest BCUT2D eigenvalue weighted by molar-refractivity contribution is -0.154. The van der Waals surface area contributed by atoms with E-state index in [1.165, 1.54) is 0 Å². The van der Waals surface area contributed by atoms with Crippen molar-refractivity contribution in [2.75, 3.05) is 0 Å². The summed E-state index contributed by atoms with van der Waals surface area (Å²) in [5.74, 6) is -4.71. The molecule has 0 aliphatic carbocycles. The van der Waals surface area contributed by atoms with E-state index in [0.717, 1.165) is 6.92 Å². The zero-order valence-corrected chi connectivity index (χ0v) is 8.95. The highest BCUT2D eigenvalue weighted by Gasteiger charge is 2.43. The fourth-order valence-electron chi connectivity index (χ4n) is 1.02. The van der Waals surface area contributed by atoms with Crippen molar-refractivity contribution in [3.05, 3.63) is 0 Å². The largest absolute Gasteiger partial charge is 0.481 e. The number of hydrogen-bond acceptors (Lipinski definition) is 6. The van der Waals surface area contributed by atoms with E-state index in [-0.39, 0.29) is 0 Å². The minimum absolute atomic E-state index is 0.867. The smallest absolute Gasteiger partial charge is 0.341 e. The number of aliphatic carboxylic acids is 3. The summed E-state index contributed by atoms with van der Waals surface area (Å²) in [5.41, 5.74) is 2.85. The lowest BCUT2D eigenvalue weighted by Gasteiger charge is -2.31. The maximum Gasteiger partial charge on any atom is 0.341 e. The number of carboxylic acids is 3. The molecule has 0 spiro atoms. The second-order valence-electron chi connectivity index (χ2n) is 3.48. The van der Waals surface area contributed by atoms with E-state index >= 15 is 0 Å². The van der Waals surface area contributed by atoms with Gasteiger partial charge in [-0.15, -0.1) is 0 Å². The molecule has 0 saturated heterocycles. The molecule has 7 N–H and O–H groups in total. The molecular formula is C8H14N2O7. The van der Waals surface area contributed by atoms with Crippen molar-refractivity contribution < 1.29 is 34.8 Å². The van der Waals surface area contributed by atoms with Gasteiger partial charge in [-0.25, -0.2) is 4.79 Å². The van der Waals surface area contributed by atoms with E-state index in [1.54, 1.807) is 0 Å². The number of hydrogen-bond donors (Lipinski definition) is 6. The van der Waals surface area contributed by atoms with Gasteiger partial charge in [-0.05, 0) is 6.92 Å². The molecule has 0 aliphatic heterocycles. The van der Waals surface area contributed by atoms with Crippen LogP contribution in [-0.2, 0) is 14.4 Å². The number of nitrogens with two attached hydrogens (primary N) is 1. The van der Waals surface area contributed by atoms with Crippen LogP contribution in [-0.4, -0.2) is 56.1 Å². The summed E-state index contributed by atoms with van der Waals surface area (Å²) in [4.78, 5) is 31.9. The molecule has 0 unspecified atom stereocenters. The standard InChI is InChI=1S/C8H14N2O7/c1-3(11)8(9,7(16)17)10-4(6(14)15)2-5(12)13/h3-4,10-11H,2,9H2,1H3,(H,12,13)(H,14,15)(H,16,17)/t3-,4+,8-/m1/s1. The number of aliphatic hydroxyl groups is 1. The van der Waals surface area contributed by atoms with E-state index in [1.807, 2.05) is 5.32 Å². The van der Waals surface area contributed by atoms with Crippen LogP contribution in [0.3, 0.4) is 0 Å². The predicted molar refractivity (Wildman–Crippen MR) is 53.0 cm³/mol. The third-order valence-electron chi connectivity index (χ3n) is 2.10. The average Bonchev–Trinajstić information content (AvgIpc) is 2.14. The molecule has 0 fully saturated rings. The molecule has 0 heterocycles. The molecule has 0 aromatic heterocycles. The van der Waals surface area contributed by atoms with Gasteiger partial charge in [-0.2, -0.15) is 0 Å². The molecular weight excluding hydrogens is 236 g/mol. The lowest BCUT2D eigenvalue weighted by Crippen LogP contribution is -2.69. The van der Waals surface area contributed by atoms with Crippen LogP contribution in [0.25, 0.3) is 0 Å². The summed E-state index contributed by atoms with van der Waals surface area (Å²) in [6.45, 7) is 1.04. The molecule has 0 aliphatic rings. The van der Waals surface area contributed by atoms with Gasteiger partial charge < -0.3 is 26.2 Å². The Balaban J connectivity index is 5.00. The summed E-state index contributed by atoms with van der Waals surface area (Å²) in [6, 6.07) is -1.72. The Bertz CT molecular complexity index is 330. The Morgan fingerprint density at radius 1 is 1.29 bits per heavy atom. The molecule has 9 nitrogen and oxygen atoms in total. The Labute approximate surface area is 95.8 Å². The van der Waals surface area contributed by atoms with E-state index in [4.69, 9.17) is 21.1 Å². The molecule has 0 amide bonds. The van der Waals surface area contributed by atoms with Crippen molar-refractivity contribution in [1.82, 2.24) is 5.32 Å². The molecule has 17 heavy (non-hydrogen) atoms. The molecule has 9 heteroatoms. The minimum Gasteiger partial charge on any atom is -0.481 e. The predicted octanol–water partition coefficient (Wildman–Crippen LogP) is -2.38. The van der Waals surface area contributed by atoms with Gasteiger partial charge in [-0.3, -0.25) is 14.9 Å². The first kappa shape index (κ1) is 15.3. The van der Waals surface area contributed by atoms with Crippen molar-refractivity contribution in [2.45, 2.75) is 31.2 Å². The lowest BCUT2D eigenvalue weighted by atomic mass is 10.0. The van der Waals surface area contributed by atoms with Gasteiger partial charge >= 0.3 is 17.9 Å². The van der Waals surface area contributed by atoms with Gasteiger partial charge in [-0.1, -0.05) is 0 Å². The molecule has 0 aromatic rings. The van der Waals surface area contributed by atoms with Crippen molar-refractivity contribution >= 4 is 17.9 Å². The van der Waals surface area contributed by atoms with Gasteiger partial charge in [0.1, 0.15) is 6.04 Å². The molecule has 0 aromatic carbocycles. The molecule has 0 bridgehead atoms. The molecule has 0 radical (unpaired) electrons. The summed E-state index contributed by atoms with van der Waals surface area (Å²) in [6.07, 6.45) is -2.48. The second kappa shape index (κ2) is 5.57. The normalized spacial score (nSPS) is 17.8. The highest BCUT2D eigenvalue weighted by Crippen LogP contribution is 2.07. The van der Waals surface area contributed by atoms with Gasteiger partial charge in [0.15, 0.2) is 5.66 Å². The SMILES string of the molecule is C[C@@H](O)[C@@](N)(N[C@@H](CC(=O)O)C(=O)O)C(=O)O. The van der Waals surface area contributed by atoms with E-state index in [9.17, 15) is 19.5 Å². The highest BCUT2D eigenvalue weighted by atomic mass is 16.4. The Hall–Kier alpha value is -1.71. The van der Waals surface area contributed by atoms with Crippen LogP contribution in [0.4, 0.5) is 0 Å². The summed E-state index contributed by atoms with van der Waals surface area (Å²) in [7, 11) is 0. The third-order valence-corrected chi connectivity index (χ3v) is 2.10. The first-order chi connectivity index (χ1) is 7.61. The summed E-state index contributed by atoms with van der Waals surface area (Å²) in [5, 5.41) is 37.0. The minimum atomic E-state index is -2.43. The second-order valence-corrected chi connectivity index (χ2v) is 3.48. The topological polar surface area (TPSA) is 170 Å². The Morgan fingerprint density at radius 3 is 2.00 bits per heavy atom. The number of aliphatic hydroxyl groups excluding tert-OH is 1. The summed E-state index contributed by atoms with van der Waals surface area (Å²) >= 11 is 0. The van der Waals surface area contributed by atoms with E-state index < -0.39 is 42.1 Å². The molecule has 98 valence electrons. The van der Waals surface area contributed by atoms with Crippen molar-refractivity contribution in [3.8, 4) is 0 Å². The fraction of sp³-hybridized carbons (Fsp3) is 0.625. The third kappa shape index (κ3) is 3.98. The van der Waals surface area contributed by atoms with Crippen LogP contribution in [0.5, 0.6) is 0 Å². The Kier molecular flexibility index (Phi) is 5.01. The first-order valence-electron chi connectivity index (χ1n) is 4.54. The van der Waals surface area contributed by atoms with Crippen molar-refractivity contribution in [2.24, 2.45) is 5.73 Å². The highest BCUT2D eigenvalue weighted by molar-refractivity contribution is 5.83. The maximum atomic E-state index is 10.8. The first-order valence-corrected chi connectivity index (χ1v) is 4.54. The molecule has 0 saturated carbocycles. The van der Waals surface area contributed by atoms with E-state index in [2.05, 4.69) is 0 Å². The van der Waals surface area contributed by atoms with Gasteiger partial charge in [0, 0.05) is 0 Å². The monoisotopic (exact) mass is 250 g/mol. The Morgan fingerprint density at radius 2 is 1.76 bits per heavy atom. The molecule has 0 rings (SSSR count). The van der Waals surface area contributed by atoms with Crippen LogP contribution < -0.4 is 11.1 Å². The van der Waals surface area contributed by atoms with Crippen LogP contribution in [0.1, 0.15) is 13.3 Å².